The van der Waals surface area contributed by atoms with Gasteiger partial charge in [0.1, 0.15) is 0 Å². The van der Waals surface area contributed by atoms with Crippen LogP contribution in [0, 0.1) is 0 Å². The van der Waals surface area contributed by atoms with Crippen LogP contribution in [0.5, 0.6) is 0 Å². The Hall–Kier alpha value is -1.68. The molecule has 0 radical (unpaired) electrons. The van der Waals surface area contributed by atoms with Crippen molar-refractivity contribution >= 4 is 0 Å². The van der Waals surface area contributed by atoms with Crippen molar-refractivity contribution in [2.24, 2.45) is 0 Å². The first-order valence-electron chi connectivity index (χ1n) is 7.01. The van der Waals surface area contributed by atoms with Crippen LogP contribution < -0.4 is 5.32 Å². The van der Waals surface area contributed by atoms with Crippen LogP contribution in [0.3, 0.4) is 0 Å². The predicted octanol–water partition coefficient (Wildman–Crippen LogP) is 2.78. The second-order valence-corrected chi connectivity index (χ2v) is 4.65. The fourth-order valence-electron chi connectivity index (χ4n) is 2.22. The van der Waals surface area contributed by atoms with Gasteiger partial charge in [-0.2, -0.15) is 5.10 Å². The lowest BCUT2D eigenvalue weighted by Gasteiger charge is -2.20. The highest BCUT2D eigenvalue weighted by Crippen LogP contribution is 2.21. The zero-order valence-electron chi connectivity index (χ0n) is 11.7. The van der Waals surface area contributed by atoms with E-state index < -0.39 is 0 Å². The smallest absolute Gasteiger partial charge is 0.0749 e. The minimum atomic E-state index is 0.192. The van der Waals surface area contributed by atoms with Crippen LogP contribution in [0.2, 0.25) is 0 Å². The molecular formula is C15H22N4. The van der Waals surface area contributed by atoms with E-state index in [-0.39, 0.29) is 6.04 Å². The Bertz CT molecular complexity index is 478. The Labute approximate surface area is 114 Å². The second-order valence-electron chi connectivity index (χ2n) is 4.65. The summed E-state index contributed by atoms with van der Waals surface area (Å²) >= 11 is 0. The van der Waals surface area contributed by atoms with Crippen molar-refractivity contribution in [1.29, 1.82) is 0 Å². The summed E-state index contributed by atoms with van der Waals surface area (Å²) in [7, 11) is 0. The van der Waals surface area contributed by atoms with Gasteiger partial charge < -0.3 is 5.32 Å². The highest BCUT2D eigenvalue weighted by Gasteiger charge is 2.17. The number of rotatable bonds is 7. The Morgan fingerprint density at radius 3 is 2.58 bits per heavy atom. The highest BCUT2D eigenvalue weighted by molar-refractivity contribution is 5.25. The fraction of sp³-hybridized carbons (Fsp3) is 0.467. The van der Waals surface area contributed by atoms with E-state index >= 15 is 0 Å². The van der Waals surface area contributed by atoms with Crippen molar-refractivity contribution < 1.29 is 0 Å². The Kier molecular flexibility index (Phi) is 5.10. The van der Waals surface area contributed by atoms with Crippen LogP contribution >= 0.6 is 0 Å². The van der Waals surface area contributed by atoms with E-state index in [0.29, 0.717) is 0 Å². The first-order valence-corrected chi connectivity index (χ1v) is 7.01. The Morgan fingerprint density at radius 1 is 1.11 bits per heavy atom. The largest absolute Gasteiger partial charge is 0.305 e. The van der Waals surface area contributed by atoms with Crippen LogP contribution in [0.1, 0.15) is 44.0 Å². The summed E-state index contributed by atoms with van der Waals surface area (Å²) in [6.07, 6.45) is 7.77. The van der Waals surface area contributed by atoms with E-state index in [0.717, 1.165) is 25.9 Å². The summed E-state index contributed by atoms with van der Waals surface area (Å²) in [4.78, 5) is 4.10. The molecule has 2 rings (SSSR count). The van der Waals surface area contributed by atoms with E-state index in [1.165, 1.54) is 11.3 Å². The SMILES string of the molecule is CCCNC(c1ccncc1)c1ccnn1CCC. The van der Waals surface area contributed by atoms with E-state index in [9.17, 15) is 0 Å². The van der Waals surface area contributed by atoms with Gasteiger partial charge in [-0.1, -0.05) is 13.8 Å². The third kappa shape index (κ3) is 3.41. The van der Waals surface area contributed by atoms with Gasteiger partial charge in [0.05, 0.1) is 11.7 Å². The molecule has 0 aliphatic rings. The van der Waals surface area contributed by atoms with Crippen LogP contribution in [-0.2, 0) is 6.54 Å². The first kappa shape index (κ1) is 13.7. The number of nitrogens with zero attached hydrogens (tertiary/aromatic N) is 3. The van der Waals surface area contributed by atoms with Gasteiger partial charge in [0.15, 0.2) is 0 Å². The molecule has 4 heteroatoms. The molecule has 0 amide bonds. The molecule has 2 aromatic rings. The maximum atomic E-state index is 4.42. The Balaban J connectivity index is 2.29. The Morgan fingerprint density at radius 2 is 1.89 bits per heavy atom. The monoisotopic (exact) mass is 258 g/mol. The summed E-state index contributed by atoms with van der Waals surface area (Å²) in [5.41, 5.74) is 2.46. The minimum Gasteiger partial charge on any atom is -0.305 e. The van der Waals surface area contributed by atoms with Crippen molar-refractivity contribution in [1.82, 2.24) is 20.1 Å². The first-order chi connectivity index (χ1) is 9.36. The molecule has 1 unspecified atom stereocenters. The average molecular weight is 258 g/mol. The lowest BCUT2D eigenvalue weighted by atomic mass is 10.0. The molecule has 19 heavy (non-hydrogen) atoms. The lowest BCUT2D eigenvalue weighted by molar-refractivity contribution is 0.511. The molecule has 2 heterocycles. The molecule has 0 spiro atoms. The molecule has 102 valence electrons. The third-order valence-corrected chi connectivity index (χ3v) is 3.12. The second kappa shape index (κ2) is 7.04. The predicted molar refractivity (Wildman–Crippen MR) is 76.9 cm³/mol. The molecular weight excluding hydrogens is 236 g/mol. The highest BCUT2D eigenvalue weighted by atomic mass is 15.3. The van der Waals surface area contributed by atoms with Crippen molar-refractivity contribution in [3.63, 3.8) is 0 Å². The zero-order chi connectivity index (χ0) is 13.5. The summed E-state index contributed by atoms with van der Waals surface area (Å²) in [5.74, 6) is 0. The summed E-state index contributed by atoms with van der Waals surface area (Å²) < 4.78 is 2.09. The molecule has 0 aromatic carbocycles. The number of nitrogens with one attached hydrogen (secondary N) is 1. The molecule has 2 aromatic heterocycles. The van der Waals surface area contributed by atoms with E-state index in [1.807, 2.05) is 18.6 Å². The fourth-order valence-corrected chi connectivity index (χ4v) is 2.22. The van der Waals surface area contributed by atoms with Gasteiger partial charge >= 0.3 is 0 Å². The van der Waals surface area contributed by atoms with Gasteiger partial charge in [-0.3, -0.25) is 9.67 Å². The molecule has 1 atom stereocenters. The quantitative estimate of drug-likeness (QED) is 0.830. The topological polar surface area (TPSA) is 42.7 Å². The summed E-state index contributed by atoms with van der Waals surface area (Å²) in [5, 5.41) is 8.02. The van der Waals surface area contributed by atoms with Crippen molar-refractivity contribution in [3.8, 4) is 0 Å². The van der Waals surface area contributed by atoms with Gasteiger partial charge in [0, 0.05) is 25.1 Å². The van der Waals surface area contributed by atoms with Gasteiger partial charge in [-0.05, 0) is 43.1 Å². The molecule has 0 fully saturated rings. The molecule has 0 bridgehead atoms. The minimum absolute atomic E-state index is 0.192. The van der Waals surface area contributed by atoms with E-state index in [2.05, 4.69) is 52.1 Å². The van der Waals surface area contributed by atoms with Crippen LogP contribution in [-0.4, -0.2) is 21.3 Å². The van der Waals surface area contributed by atoms with E-state index in [4.69, 9.17) is 0 Å². The third-order valence-electron chi connectivity index (χ3n) is 3.12. The van der Waals surface area contributed by atoms with Crippen LogP contribution in [0.15, 0.2) is 36.8 Å². The van der Waals surface area contributed by atoms with Crippen molar-refractivity contribution in [2.75, 3.05) is 6.54 Å². The van der Waals surface area contributed by atoms with E-state index in [1.54, 1.807) is 0 Å². The normalized spacial score (nSPS) is 12.5. The average Bonchev–Trinajstić information content (AvgIpc) is 2.89. The molecule has 0 saturated carbocycles. The van der Waals surface area contributed by atoms with Gasteiger partial charge in [-0.25, -0.2) is 0 Å². The summed E-state index contributed by atoms with van der Waals surface area (Å²) in [6, 6.07) is 6.42. The maximum Gasteiger partial charge on any atom is 0.0749 e. The number of hydrogen-bond acceptors (Lipinski definition) is 3. The molecule has 1 N–H and O–H groups in total. The number of aryl methyl sites for hydroxylation is 1. The van der Waals surface area contributed by atoms with Crippen molar-refractivity contribution in [2.45, 2.75) is 39.3 Å². The summed E-state index contributed by atoms with van der Waals surface area (Å²) in [6.45, 7) is 6.30. The molecule has 0 saturated heterocycles. The van der Waals surface area contributed by atoms with Gasteiger partial charge in [0.2, 0.25) is 0 Å². The standard InChI is InChI=1S/C15H22N4/c1-3-8-17-15(13-5-9-16-10-6-13)14-7-11-18-19(14)12-4-2/h5-7,9-11,15,17H,3-4,8,12H2,1-2H3. The zero-order valence-corrected chi connectivity index (χ0v) is 11.7. The number of hydrogen-bond donors (Lipinski definition) is 1. The van der Waals surface area contributed by atoms with Crippen molar-refractivity contribution in [3.05, 3.63) is 48.0 Å². The lowest BCUT2D eigenvalue weighted by Crippen LogP contribution is -2.26. The number of pyridine rings is 1. The molecule has 0 aliphatic heterocycles. The van der Waals surface area contributed by atoms with Crippen LogP contribution in [0.25, 0.3) is 0 Å². The molecule has 0 aliphatic carbocycles. The van der Waals surface area contributed by atoms with Gasteiger partial charge in [-0.15, -0.1) is 0 Å². The van der Waals surface area contributed by atoms with Crippen LogP contribution in [0.4, 0.5) is 0 Å². The van der Waals surface area contributed by atoms with Gasteiger partial charge in [0.25, 0.3) is 0 Å². The number of aromatic nitrogens is 3. The maximum absolute atomic E-state index is 4.42. The molecule has 4 nitrogen and oxygen atoms in total.